The van der Waals surface area contributed by atoms with Crippen molar-refractivity contribution < 1.29 is 19.4 Å². The molecule has 2 rings (SSSR count). The molecule has 1 unspecified atom stereocenters. The maximum atomic E-state index is 12.2. The average Bonchev–Trinajstić information content (AvgIpc) is 2.49. The summed E-state index contributed by atoms with van der Waals surface area (Å²) in [6.45, 7) is 7.18. The highest BCUT2D eigenvalue weighted by Gasteiger charge is 2.18. The predicted molar refractivity (Wildman–Crippen MR) is 82.3 cm³/mol. The van der Waals surface area contributed by atoms with Crippen LogP contribution in [0, 0.1) is 6.92 Å². The van der Waals surface area contributed by atoms with Crippen LogP contribution in [0.15, 0.2) is 30.8 Å². The lowest BCUT2D eigenvalue weighted by Crippen LogP contribution is -2.17. The van der Waals surface area contributed by atoms with Gasteiger partial charge in [0.05, 0.1) is 5.56 Å². The fourth-order valence-electron chi connectivity index (χ4n) is 2.16. The molecule has 1 N–H and O–H groups in total. The van der Waals surface area contributed by atoms with Crippen molar-refractivity contribution >= 4 is 22.8 Å². The van der Waals surface area contributed by atoms with Gasteiger partial charge in [0.1, 0.15) is 5.75 Å². The molecule has 110 valence electrons. The second-order valence-electron chi connectivity index (χ2n) is 4.79. The number of rotatable bonds is 4. The third-order valence-corrected chi connectivity index (χ3v) is 3.47. The van der Waals surface area contributed by atoms with Gasteiger partial charge in [-0.15, -0.1) is 0 Å². The molecule has 4 nitrogen and oxygen atoms in total. The van der Waals surface area contributed by atoms with Gasteiger partial charge in [-0.2, -0.15) is 0 Å². The third kappa shape index (κ3) is 2.90. The summed E-state index contributed by atoms with van der Waals surface area (Å²) in [6, 6.07) is 6.98. The van der Waals surface area contributed by atoms with Crippen LogP contribution < -0.4 is 0 Å². The van der Waals surface area contributed by atoms with Gasteiger partial charge in [-0.1, -0.05) is 24.8 Å². The summed E-state index contributed by atoms with van der Waals surface area (Å²) in [5.41, 5.74) is 1.99. The van der Waals surface area contributed by atoms with Crippen molar-refractivity contribution in [1.82, 2.24) is 0 Å². The first-order valence-corrected chi connectivity index (χ1v) is 6.60. The standard InChI is InChI=1S/C17H18O4/c1-5-12-6-7-13-14(8-12)10(2)15(9-16(13)18)17(19)21-11(3)20-4/h5-9,11,18H,1H2,2-4H3. The molecule has 2 aromatic rings. The molecule has 4 heteroatoms. The van der Waals surface area contributed by atoms with Crippen LogP contribution in [0.3, 0.4) is 0 Å². The van der Waals surface area contributed by atoms with Gasteiger partial charge < -0.3 is 14.6 Å². The fraction of sp³-hybridized carbons (Fsp3) is 0.235. The van der Waals surface area contributed by atoms with E-state index in [9.17, 15) is 9.90 Å². The Bertz CT molecular complexity index is 703. The molecule has 0 radical (unpaired) electrons. The zero-order chi connectivity index (χ0) is 15.6. The van der Waals surface area contributed by atoms with Crippen LogP contribution in [0.4, 0.5) is 0 Å². The monoisotopic (exact) mass is 286 g/mol. The Hall–Kier alpha value is -2.33. The molecule has 0 aliphatic rings. The van der Waals surface area contributed by atoms with Crippen LogP contribution in [0.1, 0.15) is 28.4 Å². The molecule has 0 aliphatic heterocycles. The van der Waals surface area contributed by atoms with E-state index < -0.39 is 12.3 Å². The number of esters is 1. The van der Waals surface area contributed by atoms with Crippen LogP contribution in [0.25, 0.3) is 16.8 Å². The van der Waals surface area contributed by atoms with E-state index in [0.717, 1.165) is 16.5 Å². The number of fused-ring (bicyclic) bond motifs is 1. The van der Waals surface area contributed by atoms with E-state index in [2.05, 4.69) is 6.58 Å². The van der Waals surface area contributed by atoms with Crippen LogP contribution >= 0.6 is 0 Å². The molecule has 0 saturated carbocycles. The van der Waals surface area contributed by atoms with Crippen molar-refractivity contribution in [3.63, 3.8) is 0 Å². The number of phenolic OH excluding ortho intramolecular Hbond substituents is 1. The minimum atomic E-state index is -0.644. The molecular weight excluding hydrogens is 268 g/mol. The van der Waals surface area contributed by atoms with Crippen LogP contribution in [0.5, 0.6) is 5.75 Å². The van der Waals surface area contributed by atoms with E-state index in [0.29, 0.717) is 10.9 Å². The van der Waals surface area contributed by atoms with E-state index in [1.54, 1.807) is 13.0 Å². The Balaban J connectivity index is 2.57. The maximum Gasteiger partial charge on any atom is 0.340 e. The van der Waals surface area contributed by atoms with Gasteiger partial charge >= 0.3 is 5.97 Å². The molecule has 0 amide bonds. The summed E-state index contributed by atoms with van der Waals surface area (Å²) in [4.78, 5) is 12.2. The fourth-order valence-corrected chi connectivity index (χ4v) is 2.16. The predicted octanol–water partition coefficient (Wildman–Crippen LogP) is 3.65. The molecule has 0 aromatic heterocycles. The summed E-state index contributed by atoms with van der Waals surface area (Å²) in [5, 5.41) is 11.6. The van der Waals surface area contributed by atoms with Gasteiger partial charge in [-0.05, 0) is 42.5 Å². The van der Waals surface area contributed by atoms with Gasteiger partial charge in [0.25, 0.3) is 0 Å². The van der Waals surface area contributed by atoms with Crippen LogP contribution in [-0.4, -0.2) is 24.5 Å². The lowest BCUT2D eigenvalue weighted by Gasteiger charge is -2.14. The number of benzene rings is 2. The molecule has 0 bridgehead atoms. The molecular formula is C17H18O4. The highest BCUT2D eigenvalue weighted by atomic mass is 16.7. The topological polar surface area (TPSA) is 55.8 Å². The first-order valence-electron chi connectivity index (χ1n) is 6.60. The van der Waals surface area contributed by atoms with Gasteiger partial charge in [0, 0.05) is 12.5 Å². The van der Waals surface area contributed by atoms with E-state index >= 15 is 0 Å². The van der Waals surface area contributed by atoms with Gasteiger partial charge in [0.2, 0.25) is 0 Å². The molecule has 21 heavy (non-hydrogen) atoms. The van der Waals surface area contributed by atoms with Crippen molar-refractivity contribution in [2.75, 3.05) is 7.11 Å². The largest absolute Gasteiger partial charge is 0.507 e. The van der Waals surface area contributed by atoms with E-state index in [4.69, 9.17) is 9.47 Å². The number of aryl methyl sites for hydroxylation is 1. The number of hydrogen-bond acceptors (Lipinski definition) is 4. The number of hydrogen-bond donors (Lipinski definition) is 1. The first kappa shape index (κ1) is 15.1. The molecule has 0 fully saturated rings. The normalized spacial score (nSPS) is 12.1. The third-order valence-electron chi connectivity index (χ3n) is 3.47. The number of carbonyl (C=O) groups is 1. The number of phenols is 1. The number of aromatic hydroxyl groups is 1. The lowest BCUT2D eigenvalue weighted by molar-refractivity contribution is -0.0773. The molecule has 0 heterocycles. The molecule has 0 saturated heterocycles. The molecule has 1 atom stereocenters. The second-order valence-corrected chi connectivity index (χ2v) is 4.79. The second kappa shape index (κ2) is 5.97. The van der Waals surface area contributed by atoms with Crippen molar-refractivity contribution in [3.8, 4) is 5.75 Å². The Labute approximate surface area is 123 Å². The number of methoxy groups -OCH3 is 1. The minimum absolute atomic E-state index is 0.0447. The highest BCUT2D eigenvalue weighted by molar-refractivity contribution is 6.01. The summed E-state index contributed by atoms with van der Waals surface area (Å²) in [5.74, 6) is -0.480. The van der Waals surface area contributed by atoms with E-state index in [-0.39, 0.29) is 5.75 Å². The van der Waals surface area contributed by atoms with Crippen molar-refractivity contribution in [2.45, 2.75) is 20.1 Å². The van der Waals surface area contributed by atoms with E-state index in [1.165, 1.54) is 13.2 Å². The van der Waals surface area contributed by atoms with Gasteiger partial charge in [-0.3, -0.25) is 0 Å². The Morgan fingerprint density at radius 1 is 1.33 bits per heavy atom. The lowest BCUT2D eigenvalue weighted by atomic mass is 9.97. The Kier molecular flexibility index (Phi) is 4.29. The van der Waals surface area contributed by atoms with Crippen LogP contribution in [0.2, 0.25) is 0 Å². The van der Waals surface area contributed by atoms with Gasteiger partial charge in [0.15, 0.2) is 6.29 Å². The smallest absolute Gasteiger partial charge is 0.340 e. The molecule has 0 spiro atoms. The highest BCUT2D eigenvalue weighted by Crippen LogP contribution is 2.32. The van der Waals surface area contributed by atoms with Crippen molar-refractivity contribution in [1.29, 1.82) is 0 Å². The summed E-state index contributed by atoms with van der Waals surface area (Å²) >= 11 is 0. The average molecular weight is 286 g/mol. The first-order chi connectivity index (χ1) is 9.97. The maximum absolute atomic E-state index is 12.2. The zero-order valence-corrected chi connectivity index (χ0v) is 12.3. The molecule has 0 aliphatic carbocycles. The van der Waals surface area contributed by atoms with E-state index in [1.807, 2.05) is 25.1 Å². The quantitative estimate of drug-likeness (QED) is 0.688. The Morgan fingerprint density at radius 3 is 2.67 bits per heavy atom. The Morgan fingerprint density at radius 2 is 2.05 bits per heavy atom. The summed E-state index contributed by atoms with van der Waals surface area (Å²) in [7, 11) is 1.46. The number of carbonyl (C=O) groups excluding carboxylic acids is 1. The van der Waals surface area contributed by atoms with Crippen molar-refractivity contribution in [2.24, 2.45) is 0 Å². The summed E-state index contributed by atoms with van der Waals surface area (Å²) < 4.78 is 10.1. The number of ether oxygens (including phenoxy) is 2. The van der Waals surface area contributed by atoms with Gasteiger partial charge in [-0.25, -0.2) is 4.79 Å². The van der Waals surface area contributed by atoms with Crippen molar-refractivity contribution in [3.05, 3.63) is 47.5 Å². The summed E-state index contributed by atoms with van der Waals surface area (Å²) in [6.07, 6.45) is 1.07. The zero-order valence-electron chi connectivity index (χ0n) is 12.3. The van der Waals surface area contributed by atoms with Crippen LogP contribution in [-0.2, 0) is 9.47 Å². The molecule has 2 aromatic carbocycles. The SMILES string of the molecule is C=Cc1ccc2c(O)cc(C(=O)OC(C)OC)c(C)c2c1. The minimum Gasteiger partial charge on any atom is -0.507 e.